The number of anilines is 2. The summed E-state index contributed by atoms with van der Waals surface area (Å²) in [5, 5.41) is 1.86. The first-order chi connectivity index (χ1) is 19.4. The standard InChI is InChI=1S/C35H44N4S2/c1-21-14-25(5)32(26(6)15-21)38-12-10-36(34(38)40)19-30-23(3)18-24(4)31(29(30)9)20-37-11-13-39(35(37)41)33-27(7)16-22(2)17-28(33)8/h14-18H,10-13,19-20H2,1-9H3. The summed E-state index contributed by atoms with van der Waals surface area (Å²) in [4.78, 5) is 9.44. The van der Waals surface area contributed by atoms with Crippen LogP contribution in [0.25, 0.3) is 0 Å². The maximum absolute atomic E-state index is 6.08. The molecule has 6 heteroatoms. The van der Waals surface area contributed by atoms with Crippen molar-refractivity contribution in [2.45, 2.75) is 75.4 Å². The van der Waals surface area contributed by atoms with E-state index in [9.17, 15) is 0 Å². The highest BCUT2D eigenvalue weighted by Crippen LogP contribution is 2.33. The molecule has 5 rings (SSSR count). The van der Waals surface area contributed by atoms with Gasteiger partial charge >= 0.3 is 0 Å². The second-order valence-corrected chi connectivity index (χ2v) is 13.0. The predicted molar refractivity (Wildman–Crippen MR) is 183 cm³/mol. The van der Waals surface area contributed by atoms with E-state index in [1.807, 2.05) is 0 Å². The topological polar surface area (TPSA) is 13.0 Å². The first kappa shape index (κ1) is 29.5. The van der Waals surface area contributed by atoms with Gasteiger partial charge in [-0.2, -0.15) is 0 Å². The van der Waals surface area contributed by atoms with Gasteiger partial charge in [0, 0.05) is 50.6 Å². The summed E-state index contributed by atoms with van der Waals surface area (Å²) >= 11 is 12.2. The SMILES string of the molecule is Cc1cc(C)c(N2CCN(Cc3c(C)cc(C)c(CN4CCN(c5c(C)cc(C)cc5C)C4=S)c3C)C2=S)c(C)c1. The minimum atomic E-state index is 0.836. The van der Waals surface area contributed by atoms with Crippen LogP contribution in [0.2, 0.25) is 0 Å². The molecule has 3 aromatic carbocycles. The summed E-state index contributed by atoms with van der Waals surface area (Å²) in [6.45, 7) is 25.3. The van der Waals surface area contributed by atoms with E-state index in [1.54, 1.807) is 0 Å². The van der Waals surface area contributed by atoms with E-state index in [1.165, 1.54) is 72.6 Å². The molecule has 2 saturated heterocycles. The Kier molecular flexibility index (Phi) is 8.19. The molecule has 0 aromatic heterocycles. The molecule has 2 heterocycles. The average molecular weight is 585 g/mol. The van der Waals surface area contributed by atoms with Crippen LogP contribution in [0, 0.1) is 62.3 Å². The molecule has 0 saturated carbocycles. The van der Waals surface area contributed by atoms with E-state index in [0.717, 1.165) is 49.5 Å². The summed E-state index contributed by atoms with van der Waals surface area (Å²) < 4.78 is 0. The Labute approximate surface area is 257 Å². The van der Waals surface area contributed by atoms with Gasteiger partial charge < -0.3 is 19.6 Å². The summed E-state index contributed by atoms with van der Waals surface area (Å²) in [6, 6.07) is 11.4. The summed E-state index contributed by atoms with van der Waals surface area (Å²) in [7, 11) is 0. The fourth-order valence-corrected chi connectivity index (χ4v) is 7.89. The largest absolute Gasteiger partial charge is 0.343 e. The van der Waals surface area contributed by atoms with Crippen molar-refractivity contribution in [1.29, 1.82) is 0 Å². The number of thiocarbonyl (C=S) groups is 2. The molecule has 2 aliphatic heterocycles. The normalized spacial score (nSPS) is 15.6. The van der Waals surface area contributed by atoms with E-state index in [-0.39, 0.29) is 0 Å². The molecule has 3 aromatic rings. The molecule has 0 radical (unpaired) electrons. The van der Waals surface area contributed by atoms with Gasteiger partial charge in [-0.15, -0.1) is 0 Å². The molecule has 0 bridgehead atoms. The molecule has 2 fully saturated rings. The lowest BCUT2D eigenvalue weighted by Gasteiger charge is -2.28. The molecule has 0 aliphatic carbocycles. The van der Waals surface area contributed by atoms with Crippen molar-refractivity contribution in [3.05, 3.63) is 91.5 Å². The third kappa shape index (κ3) is 5.49. The molecular formula is C35H44N4S2. The van der Waals surface area contributed by atoms with Crippen LogP contribution in [0.1, 0.15) is 61.2 Å². The molecule has 41 heavy (non-hydrogen) atoms. The predicted octanol–water partition coefficient (Wildman–Crippen LogP) is 7.68. The minimum Gasteiger partial charge on any atom is -0.343 e. The molecule has 0 amide bonds. The van der Waals surface area contributed by atoms with Crippen LogP contribution in [0.3, 0.4) is 0 Å². The monoisotopic (exact) mass is 584 g/mol. The van der Waals surface area contributed by atoms with E-state index in [0.29, 0.717) is 0 Å². The van der Waals surface area contributed by atoms with Crippen molar-refractivity contribution in [2.75, 3.05) is 36.0 Å². The third-order valence-corrected chi connectivity index (χ3v) is 9.95. The Bertz CT molecular complexity index is 1400. The van der Waals surface area contributed by atoms with Crippen LogP contribution in [0.4, 0.5) is 11.4 Å². The fraction of sp³-hybridized carbons (Fsp3) is 0.429. The highest BCUT2D eigenvalue weighted by Gasteiger charge is 2.31. The first-order valence-electron chi connectivity index (χ1n) is 14.7. The quantitative estimate of drug-likeness (QED) is 0.274. The van der Waals surface area contributed by atoms with E-state index < -0.39 is 0 Å². The number of aryl methyl sites for hydroxylation is 8. The number of rotatable bonds is 6. The van der Waals surface area contributed by atoms with Crippen LogP contribution in [-0.4, -0.2) is 46.2 Å². The van der Waals surface area contributed by atoms with Crippen molar-refractivity contribution in [2.24, 2.45) is 0 Å². The van der Waals surface area contributed by atoms with Crippen molar-refractivity contribution >= 4 is 46.0 Å². The van der Waals surface area contributed by atoms with Gasteiger partial charge in [0.25, 0.3) is 0 Å². The Morgan fingerprint density at radius 3 is 1.17 bits per heavy atom. The molecule has 0 N–H and O–H groups in total. The van der Waals surface area contributed by atoms with Crippen LogP contribution < -0.4 is 9.80 Å². The highest BCUT2D eigenvalue weighted by atomic mass is 32.1. The summed E-state index contributed by atoms with van der Waals surface area (Å²) in [6.07, 6.45) is 0. The van der Waals surface area contributed by atoms with E-state index in [2.05, 4.69) is 112 Å². The van der Waals surface area contributed by atoms with E-state index >= 15 is 0 Å². The molecular weight excluding hydrogens is 541 g/mol. The zero-order valence-electron chi connectivity index (χ0n) is 26.2. The number of hydrogen-bond donors (Lipinski definition) is 0. The van der Waals surface area contributed by atoms with Gasteiger partial charge in [0.05, 0.1) is 0 Å². The third-order valence-electron chi connectivity index (χ3n) is 8.99. The zero-order chi connectivity index (χ0) is 29.7. The maximum Gasteiger partial charge on any atom is 0.176 e. The van der Waals surface area contributed by atoms with Gasteiger partial charge in [-0.3, -0.25) is 0 Å². The van der Waals surface area contributed by atoms with Crippen molar-refractivity contribution < 1.29 is 0 Å². The lowest BCUT2D eigenvalue weighted by molar-refractivity contribution is 0.452. The minimum absolute atomic E-state index is 0.836. The second-order valence-electron chi connectivity index (χ2n) is 12.3. The van der Waals surface area contributed by atoms with Gasteiger partial charge in [0.2, 0.25) is 0 Å². The van der Waals surface area contributed by atoms with Gasteiger partial charge in [0.1, 0.15) is 0 Å². The molecule has 216 valence electrons. The Morgan fingerprint density at radius 2 is 0.829 bits per heavy atom. The molecule has 2 aliphatic rings. The maximum atomic E-state index is 6.08. The summed E-state index contributed by atoms with van der Waals surface area (Å²) in [5.74, 6) is 0. The summed E-state index contributed by atoms with van der Waals surface area (Å²) in [5.41, 5.74) is 17.1. The average Bonchev–Trinajstić information content (AvgIpc) is 3.40. The Morgan fingerprint density at radius 1 is 0.488 bits per heavy atom. The van der Waals surface area contributed by atoms with Crippen LogP contribution >= 0.6 is 24.4 Å². The van der Waals surface area contributed by atoms with E-state index in [4.69, 9.17) is 24.4 Å². The Balaban J connectivity index is 1.37. The molecule has 4 nitrogen and oxygen atoms in total. The number of hydrogen-bond acceptors (Lipinski definition) is 2. The Hall–Kier alpha value is -2.96. The number of benzene rings is 3. The highest BCUT2D eigenvalue weighted by molar-refractivity contribution is 7.80. The molecule has 0 spiro atoms. The van der Waals surface area contributed by atoms with Crippen LogP contribution in [0.15, 0.2) is 30.3 Å². The van der Waals surface area contributed by atoms with Crippen molar-refractivity contribution in [3.8, 4) is 0 Å². The van der Waals surface area contributed by atoms with Gasteiger partial charge in [-0.05, 0) is 137 Å². The fourth-order valence-electron chi connectivity index (χ4n) is 7.21. The zero-order valence-corrected chi connectivity index (χ0v) is 27.9. The smallest absolute Gasteiger partial charge is 0.176 e. The van der Waals surface area contributed by atoms with Gasteiger partial charge in [0.15, 0.2) is 10.2 Å². The van der Waals surface area contributed by atoms with Crippen LogP contribution in [0.5, 0.6) is 0 Å². The first-order valence-corrected chi connectivity index (χ1v) is 15.6. The van der Waals surface area contributed by atoms with Crippen molar-refractivity contribution in [1.82, 2.24) is 9.80 Å². The van der Waals surface area contributed by atoms with Crippen LogP contribution in [-0.2, 0) is 13.1 Å². The van der Waals surface area contributed by atoms with Gasteiger partial charge in [-0.1, -0.05) is 41.5 Å². The second kappa shape index (κ2) is 11.4. The molecule has 0 atom stereocenters. The van der Waals surface area contributed by atoms with Crippen molar-refractivity contribution in [3.63, 3.8) is 0 Å². The number of nitrogens with zero attached hydrogens (tertiary/aromatic N) is 4. The lowest BCUT2D eigenvalue weighted by atomic mass is 9.92. The molecule has 0 unspecified atom stereocenters. The lowest BCUT2D eigenvalue weighted by Crippen LogP contribution is -2.33. The van der Waals surface area contributed by atoms with Gasteiger partial charge in [-0.25, -0.2) is 0 Å².